The van der Waals surface area contributed by atoms with Crippen molar-refractivity contribution < 1.29 is 14.2 Å². The molecule has 1 heterocycles. The lowest BCUT2D eigenvalue weighted by molar-refractivity contribution is 0.190. The zero-order valence-electron chi connectivity index (χ0n) is 15.6. The molecule has 0 saturated heterocycles. The quantitative estimate of drug-likeness (QED) is 0.625. The van der Waals surface area contributed by atoms with Crippen LogP contribution in [0.25, 0.3) is 0 Å². The smallest absolute Gasteiger partial charge is 0.157 e. The van der Waals surface area contributed by atoms with Gasteiger partial charge in [-0.1, -0.05) is 12.1 Å². The average molecular weight is 361 g/mol. The summed E-state index contributed by atoms with van der Waals surface area (Å²) >= 11 is 0. The van der Waals surface area contributed by atoms with E-state index in [-0.39, 0.29) is 0 Å². The molecule has 2 rings (SSSR count). The Morgan fingerprint density at radius 1 is 1.00 bits per heavy atom. The Kier molecular flexibility index (Phi) is 7.91. The predicted molar refractivity (Wildman–Crippen MR) is 103 cm³/mol. The minimum Gasteiger partial charge on any atom is -0.497 e. The number of aromatic nitrogens is 2. The molecule has 26 heavy (non-hydrogen) atoms. The lowest BCUT2D eigenvalue weighted by Gasteiger charge is -2.25. The number of rotatable bonds is 11. The van der Waals surface area contributed by atoms with Gasteiger partial charge in [0.25, 0.3) is 0 Å². The Morgan fingerprint density at radius 2 is 1.65 bits per heavy atom. The van der Waals surface area contributed by atoms with Gasteiger partial charge in [0.2, 0.25) is 0 Å². The standard InChI is InChI=1S/C18H27N5O3/c1-24-10-8-23(9-11-25-2)18-16(19)17(21-13-22-18)20-12-14-4-6-15(26-3)7-5-14/h4-7,13H,8-12,19H2,1-3H3,(H,20,21,22). The number of nitrogens with one attached hydrogen (secondary N) is 1. The van der Waals surface area contributed by atoms with E-state index < -0.39 is 0 Å². The normalized spacial score (nSPS) is 10.6. The highest BCUT2D eigenvalue weighted by Gasteiger charge is 2.15. The van der Waals surface area contributed by atoms with Crippen molar-refractivity contribution in [3.8, 4) is 5.75 Å². The van der Waals surface area contributed by atoms with Crippen LogP contribution < -0.4 is 20.7 Å². The molecule has 0 bridgehead atoms. The molecule has 8 heteroatoms. The minimum atomic E-state index is 0.508. The molecule has 0 amide bonds. The van der Waals surface area contributed by atoms with Crippen molar-refractivity contribution in [3.63, 3.8) is 0 Å². The van der Waals surface area contributed by atoms with E-state index in [1.54, 1.807) is 21.3 Å². The van der Waals surface area contributed by atoms with Crippen molar-refractivity contribution in [3.05, 3.63) is 36.2 Å². The number of anilines is 3. The van der Waals surface area contributed by atoms with Crippen LogP contribution in [0.1, 0.15) is 5.56 Å². The third kappa shape index (κ3) is 5.47. The van der Waals surface area contributed by atoms with Crippen LogP contribution in [0.15, 0.2) is 30.6 Å². The summed E-state index contributed by atoms with van der Waals surface area (Å²) in [7, 11) is 4.98. The second-order valence-corrected chi connectivity index (χ2v) is 5.63. The molecule has 0 aliphatic heterocycles. The van der Waals surface area contributed by atoms with E-state index >= 15 is 0 Å². The summed E-state index contributed by atoms with van der Waals surface area (Å²) in [4.78, 5) is 10.6. The summed E-state index contributed by atoms with van der Waals surface area (Å²) in [5.74, 6) is 2.10. The molecular weight excluding hydrogens is 334 g/mol. The van der Waals surface area contributed by atoms with E-state index in [1.807, 2.05) is 29.2 Å². The Labute approximate surface area is 154 Å². The van der Waals surface area contributed by atoms with Crippen LogP contribution in [-0.2, 0) is 16.0 Å². The summed E-state index contributed by atoms with van der Waals surface area (Å²) in [5.41, 5.74) is 7.91. The van der Waals surface area contributed by atoms with Gasteiger partial charge in [0.15, 0.2) is 11.6 Å². The molecule has 1 aromatic carbocycles. The van der Waals surface area contributed by atoms with E-state index in [0.717, 1.165) is 11.3 Å². The molecule has 0 aliphatic rings. The van der Waals surface area contributed by atoms with Crippen molar-refractivity contribution >= 4 is 17.3 Å². The molecule has 0 aliphatic carbocycles. The predicted octanol–water partition coefficient (Wildman–Crippen LogP) is 1.78. The molecule has 0 atom stereocenters. The van der Waals surface area contributed by atoms with Crippen molar-refractivity contribution in [1.29, 1.82) is 0 Å². The number of nitrogens with two attached hydrogens (primary N) is 1. The molecule has 3 N–H and O–H groups in total. The highest BCUT2D eigenvalue weighted by molar-refractivity contribution is 5.74. The Hall–Kier alpha value is -2.58. The van der Waals surface area contributed by atoms with Gasteiger partial charge in [-0.2, -0.15) is 0 Å². The van der Waals surface area contributed by atoms with E-state index in [4.69, 9.17) is 19.9 Å². The lowest BCUT2D eigenvalue weighted by atomic mass is 10.2. The fourth-order valence-corrected chi connectivity index (χ4v) is 2.43. The first-order chi connectivity index (χ1) is 12.7. The molecule has 1 aromatic heterocycles. The van der Waals surface area contributed by atoms with Crippen LogP contribution in [0.5, 0.6) is 5.75 Å². The monoisotopic (exact) mass is 361 g/mol. The largest absolute Gasteiger partial charge is 0.497 e. The number of nitrogen functional groups attached to an aromatic ring is 1. The average Bonchev–Trinajstić information content (AvgIpc) is 2.68. The van der Waals surface area contributed by atoms with Gasteiger partial charge in [-0.3, -0.25) is 0 Å². The van der Waals surface area contributed by atoms with Gasteiger partial charge in [-0.15, -0.1) is 0 Å². The maximum absolute atomic E-state index is 6.31. The number of nitrogens with zero attached hydrogens (tertiary/aromatic N) is 3. The van der Waals surface area contributed by atoms with Crippen LogP contribution in [-0.4, -0.2) is 57.6 Å². The van der Waals surface area contributed by atoms with Gasteiger partial charge in [-0.25, -0.2) is 9.97 Å². The summed E-state index contributed by atoms with van der Waals surface area (Å²) < 4.78 is 15.5. The summed E-state index contributed by atoms with van der Waals surface area (Å²) in [6, 6.07) is 7.83. The van der Waals surface area contributed by atoms with E-state index in [9.17, 15) is 0 Å². The van der Waals surface area contributed by atoms with E-state index in [0.29, 0.717) is 50.2 Å². The lowest BCUT2D eigenvalue weighted by Crippen LogP contribution is -2.32. The molecule has 0 unspecified atom stereocenters. The SMILES string of the molecule is COCCN(CCOC)c1ncnc(NCc2ccc(OC)cc2)c1N. The van der Waals surface area contributed by atoms with E-state index in [2.05, 4.69) is 15.3 Å². The number of hydrogen-bond donors (Lipinski definition) is 2. The van der Waals surface area contributed by atoms with Crippen LogP contribution >= 0.6 is 0 Å². The first-order valence-corrected chi connectivity index (χ1v) is 8.39. The Morgan fingerprint density at radius 3 is 2.23 bits per heavy atom. The van der Waals surface area contributed by atoms with Crippen molar-refractivity contribution in [2.45, 2.75) is 6.54 Å². The van der Waals surface area contributed by atoms with Gasteiger partial charge < -0.3 is 30.2 Å². The second kappa shape index (κ2) is 10.4. The van der Waals surface area contributed by atoms with Gasteiger partial charge in [0, 0.05) is 33.9 Å². The summed E-state index contributed by atoms with van der Waals surface area (Å²) in [6.07, 6.45) is 1.51. The van der Waals surface area contributed by atoms with Crippen molar-refractivity contribution in [1.82, 2.24) is 9.97 Å². The highest BCUT2D eigenvalue weighted by Crippen LogP contribution is 2.26. The number of methoxy groups -OCH3 is 3. The van der Waals surface area contributed by atoms with Crippen LogP contribution in [0.4, 0.5) is 17.3 Å². The Balaban J connectivity index is 2.10. The van der Waals surface area contributed by atoms with Gasteiger partial charge >= 0.3 is 0 Å². The maximum atomic E-state index is 6.31. The molecule has 8 nitrogen and oxygen atoms in total. The van der Waals surface area contributed by atoms with Gasteiger partial charge in [0.05, 0.1) is 20.3 Å². The maximum Gasteiger partial charge on any atom is 0.157 e. The van der Waals surface area contributed by atoms with Crippen LogP contribution in [0.2, 0.25) is 0 Å². The number of ether oxygens (including phenoxy) is 3. The Bertz CT molecular complexity index is 658. The topological polar surface area (TPSA) is 94.8 Å². The molecule has 0 saturated carbocycles. The van der Waals surface area contributed by atoms with Gasteiger partial charge in [0.1, 0.15) is 17.8 Å². The third-order valence-electron chi connectivity index (χ3n) is 3.91. The molecule has 2 aromatic rings. The van der Waals surface area contributed by atoms with Crippen LogP contribution in [0.3, 0.4) is 0 Å². The molecule has 0 fully saturated rings. The third-order valence-corrected chi connectivity index (χ3v) is 3.91. The first kappa shape index (κ1) is 19.7. The fourth-order valence-electron chi connectivity index (χ4n) is 2.43. The zero-order chi connectivity index (χ0) is 18.8. The second-order valence-electron chi connectivity index (χ2n) is 5.63. The van der Waals surface area contributed by atoms with Crippen molar-refractivity contribution in [2.75, 3.05) is 63.6 Å². The number of benzene rings is 1. The zero-order valence-corrected chi connectivity index (χ0v) is 15.6. The minimum absolute atomic E-state index is 0.508. The summed E-state index contributed by atoms with van der Waals surface area (Å²) in [5, 5.41) is 3.27. The first-order valence-electron chi connectivity index (χ1n) is 8.39. The van der Waals surface area contributed by atoms with Crippen molar-refractivity contribution in [2.24, 2.45) is 0 Å². The van der Waals surface area contributed by atoms with E-state index in [1.165, 1.54) is 6.33 Å². The molecule has 0 spiro atoms. The molecule has 142 valence electrons. The molecular formula is C18H27N5O3. The highest BCUT2D eigenvalue weighted by atomic mass is 16.5. The van der Waals surface area contributed by atoms with Crippen LogP contribution in [0, 0.1) is 0 Å². The summed E-state index contributed by atoms with van der Waals surface area (Å²) in [6.45, 7) is 3.07. The molecule has 0 radical (unpaired) electrons. The number of hydrogen-bond acceptors (Lipinski definition) is 8. The fraction of sp³-hybridized carbons (Fsp3) is 0.444. The van der Waals surface area contributed by atoms with Gasteiger partial charge in [-0.05, 0) is 17.7 Å².